The summed E-state index contributed by atoms with van der Waals surface area (Å²) in [6.07, 6.45) is 3.00. The zero-order chi connectivity index (χ0) is 18.2. The lowest BCUT2D eigenvalue weighted by molar-refractivity contribution is -0.111. The van der Waals surface area contributed by atoms with E-state index in [1.165, 1.54) is 13.2 Å². The summed E-state index contributed by atoms with van der Waals surface area (Å²) in [7, 11) is 1.52. The molecule has 0 saturated carbocycles. The summed E-state index contributed by atoms with van der Waals surface area (Å²) in [5.41, 5.74) is 1.73. The maximum absolute atomic E-state index is 12.0. The van der Waals surface area contributed by atoms with Gasteiger partial charge in [0.1, 0.15) is 0 Å². The Kier molecular flexibility index (Phi) is 6.44. The topological polar surface area (TPSA) is 71.3 Å². The van der Waals surface area contributed by atoms with Crippen LogP contribution in [0.5, 0.6) is 11.5 Å². The molecule has 0 aliphatic rings. The van der Waals surface area contributed by atoms with Crippen LogP contribution in [-0.2, 0) is 4.79 Å². The van der Waals surface area contributed by atoms with Gasteiger partial charge in [-0.3, -0.25) is 4.79 Å². The highest BCUT2D eigenvalue weighted by molar-refractivity contribution is 6.32. The molecule has 0 aromatic heterocycles. The molecule has 0 fully saturated rings. The fraction of sp³-hybridized carbons (Fsp3) is 0.158. The minimum atomic E-state index is -0.320. The second-order valence-corrected chi connectivity index (χ2v) is 5.39. The zero-order valence-corrected chi connectivity index (χ0v) is 14.6. The van der Waals surface area contributed by atoms with Crippen molar-refractivity contribution in [1.29, 1.82) is 5.26 Å². The molecule has 0 aliphatic heterocycles. The van der Waals surface area contributed by atoms with Crippen molar-refractivity contribution >= 4 is 29.3 Å². The molecule has 2 rings (SSSR count). The van der Waals surface area contributed by atoms with Gasteiger partial charge in [0.15, 0.2) is 11.5 Å². The molecule has 0 saturated heterocycles. The van der Waals surface area contributed by atoms with E-state index < -0.39 is 0 Å². The van der Waals surface area contributed by atoms with Crippen molar-refractivity contribution in [2.24, 2.45) is 0 Å². The molecular weight excluding hydrogens is 340 g/mol. The van der Waals surface area contributed by atoms with Crippen molar-refractivity contribution in [3.63, 3.8) is 0 Å². The van der Waals surface area contributed by atoms with Crippen LogP contribution in [0.3, 0.4) is 0 Å². The van der Waals surface area contributed by atoms with Crippen molar-refractivity contribution in [1.82, 2.24) is 0 Å². The Labute approximate surface area is 151 Å². The average Bonchev–Trinajstić information content (AvgIpc) is 2.62. The SMILES string of the molecule is CCOc1c(Cl)cc(/C=C/C(=O)Nc2cccc(C#N)c2)cc1OC. The molecule has 1 amide bonds. The van der Waals surface area contributed by atoms with Crippen LogP contribution in [0, 0.1) is 11.3 Å². The number of hydrogen-bond donors (Lipinski definition) is 1. The molecule has 0 atom stereocenters. The van der Waals surface area contributed by atoms with E-state index >= 15 is 0 Å². The van der Waals surface area contributed by atoms with Gasteiger partial charge >= 0.3 is 0 Å². The van der Waals surface area contributed by atoms with Crippen LogP contribution in [0.25, 0.3) is 6.08 Å². The van der Waals surface area contributed by atoms with Gasteiger partial charge in [-0.25, -0.2) is 0 Å². The number of nitrogens with zero attached hydrogens (tertiary/aromatic N) is 1. The molecule has 0 aliphatic carbocycles. The summed E-state index contributed by atoms with van der Waals surface area (Å²) in [6.45, 7) is 2.32. The second-order valence-electron chi connectivity index (χ2n) is 4.98. The van der Waals surface area contributed by atoms with Crippen molar-refractivity contribution < 1.29 is 14.3 Å². The predicted molar refractivity (Wildman–Crippen MR) is 98.0 cm³/mol. The van der Waals surface area contributed by atoms with E-state index in [4.69, 9.17) is 26.3 Å². The normalized spacial score (nSPS) is 10.3. The Morgan fingerprint density at radius 2 is 2.16 bits per heavy atom. The summed E-state index contributed by atoms with van der Waals surface area (Å²) in [5.74, 6) is 0.650. The summed E-state index contributed by atoms with van der Waals surface area (Å²) < 4.78 is 10.7. The Balaban J connectivity index is 2.14. The molecule has 0 unspecified atom stereocenters. The fourth-order valence-corrected chi connectivity index (χ4v) is 2.42. The Bertz CT molecular complexity index is 841. The largest absolute Gasteiger partial charge is 0.493 e. The number of ether oxygens (including phenoxy) is 2. The zero-order valence-electron chi connectivity index (χ0n) is 13.9. The lowest BCUT2D eigenvalue weighted by Crippen LogP contribution is -2.07. The van der Waals surface area contributed by atoms with Gasteiger partial charge in [0.25, 0.3) is 0 Å². The first-order valence-corrected chi connectivity index (χ1v) is 7.94. The molecule has 6 heteroatoms. The summed E-state index contributed by atoms with van der Waals surface area (Å²) in [6, 6.07) is 12.1. The molecule has 5 nitrogen and oxygen atoms in total. The van der Waals surface area contributed by atoms with E-state index in [2.05, 4.69) is 5.32 Å². The second kappa shape index (κ2) is 8.76. The number of nitrogens with one attached hydrogen (secondary N) is 1. The Morgan fingerprint density at radius 3 is 2.84 bits per heavy atom. The highest BCUT2D eigenvalue weighted by Crippen LogP contribution is 2.36. The van der Waals surface area contributed by atoms with Crippen LogP contribution < -0.4 is 14.8 Å². The van der Waals surface area contributed by atoms with Crippen LogP contribution in [0.15, 0.2) is 42.5 Å². The Morgan fingerprint density at radius 1 is 1.36 bits per heavy atom. The molecule has 0 bridgehead atoms. The first kappa shape index (κ1) is 18.4. The van der Waals surface area contributed by atoms with Gasteiger partial charge in [0.2, 0.25) is 5.91 Å². The van der Waals surface area contributed by atoms with E-state index in [-0.39, 0.29) is 5.91 Å². The lowest BCUT2D eigenvalue weighted by atomic mass is 10.1. The van der Waals surface area contributed by atoms with Gasteiger partial charge in [0, 0.05) is 11.8 Å². The van der Waals surface area contributed by atoms with E-state index in [9.17, 15) is 4.79 Å². The monoisotopic (exact) mass is 356 g/mol. The smallest absolute Gasteiger partial charge is 0.248 e. The predicted octanol–water partition coefficient (Wildman–Crippen LogP) is 4.27. The van der Waals surface area contributed by atoms with Crippen LogP contribution in [0.1, 0.15) is 18.1 Å². The van der Waals surface area contributed by atoms with Crippen molar-refractivity contribution in [3.05, 3.63) is 58.6 Å². The van der Waals surface area contributed by atoms with Crippen molar-refractivity contribution in [3.8, 4) is 17.6 Å². The number of carbonyl (C=O) groups excluding carboxylic acids is 1. The molecule has 1 N–H and O–H groups in total. The lowest BCUT2D eigenvalue weighted by Gasteiger charge is -2.11. The standard InChI is InChI=1S/C19H17ClN2O3/c1-3-25-19-16(20)10-13(11-17(19)24-2)7-8-18(23)22-15-6-4-5-14(9-15)12-21/h4-11H,3H2,1-2H3,(H,22,23)/b8-7+. The molecule has 128 valence electrons. The number of methoxy groups -OCH3 is 1. The van der Waals surface area contributed by atoms with E-state index in [0.717, 1.165) is 0 Å². The number of halogens is 1. The summed E-state index contributed by atoms with van der Waals surface area (Å²) in [4.78, 5) is 12.0. The molecule has 2 aromatic carbocycles. The summed E-state index contributed by atoms with van der Waals surface area (Å²) >= 11 is 6.20. The van der Waals surface area contributed by atoms with Gasteiger partial charge < -0.3 is 14.8 Å². The van der Waals surface area contributed by atoms with Gasteiger partial charge in [-0.05, 0) is 48.9 Å². The summed E-state index contributed by atoms with van der Waals surface area (Å²) in [5, 5.41) is 12.0. The number of rotatable bonds is 6. The number of hydrogen-bond acceptors (Lipinski definition) is 4. The van der Waals surface area contributed by atoms with Crippen molar-refractivity contribution in [2.75, 3.05) is 19.0 Å². The Hall–Kier alpha value is -2.97. The van der Waals surface area contributed by atoms with Gasteiger partial charge in [-0.1, -0.05) is 17.7 Å². The highest BCUT2D eigenvalue weighted by Gasteiger charge is 2.10. The maximum atomic E-state index is 12.0. The first-order valence-electron chi connectivity index (χ1n) is 7.57. The van der Waals surface area contributed by atoms with E-state index in [0.29, 0.717) is 39.9 Å². The average molecular weight is 357 g/mol. The van der Waals surface area contributed by atoms with Gasteiger partial charge in [0.05, 0.1) is 30.4 Å². The van der Waals surface area contributed by atoms with E-state index in [1.54, 1.807) is 42.5 Å². The number of anilines is 1. The van der Waals surface area contributed by atoms with Crippen LogP contribution in [-0.4, -0.2) is 19.6 Å². The molecule has 0 radical (unpaired) electrons. The van der Waals surface area contributed by atoms with E-state index in [1.807, 2.05) is 13.0 Å². The van der Waals surface area contributed by atoms with Crippen LogP contribution >= 0.6 is 11.6 Å². The third-order valence-electron chi connectivity index (χ3n) is 3.23. The molecule has 25 heavy (non-hydrogen) atoms. The number of nitriles is 1. The van der Waals surface area contributed by atoms with Crippen LogP contribution in [0.4, 0.5) is 5.69 Å². The van der Waals surface area contributed by atoms with Crippen LogP contribution in [0.2, 0.25) is 5.02 Å². The molecule has 0 spiro atoms. The third-order valence-corrected chi connectivity index (χ3v) is 3.51. The quantitative estimate of drug-likeness (QED) is 0.784. The molecular formula is C19H17ClN2O3. The minimum Gasteiger partial charge on any atom is -0.493 e. The number of carbonyl (C=O) groups is 1. The molecule has 0 heterocycles. The maximum Gasteiger partial charge on any atom is 0.248 e. The fourth-order valence-electron chi connectivity index (χ4n) is 2.14. The molecule has 2 aromatic rings. The number of amides is 1. The van der Waals surface area contributed by atoms with Gasteiger partial charge in [-0.15, -0.1) is 0 Å². The first-order chi connectivity index (χ1) is 12.1. The minimum absolute atomic E-state index is 0.320. The van der Waals surface area contributed by atoms with Crippen molar-refractivity contribution in [2.45, 2.75) is 6.92 Å². The highest BCUT2D eigenvalue weighted by atomic mass is 35.5. The van der Waals surface area contributed by atoms with Gasteiger partial charge in [-0.2, -0.15) is 5.26 Å². The number of benzene rings is 2. The third kappa shape index (κ3) is 5.00.